The monoisotopic (exact) mass is 408 g/mol. The number of carbonyl (C=O) groups is 1. The fraction of sp³-hybridized carbons (Fsp3) is 0.190. The van der Waals surface area contributed by atoms with Crippen LogP contribution in [-0.4, -0.2) is 33.2 Å². The van der Waals surface area contributed by atoms with Gasteiger partial charge in [-0.2, -0.15) is 0 Å². The molecule has 2 heterocycles. The summed E-state index contributed by atoms with van der Waals surface area (Å²) in [4.78, 5) is 12.4. The van der Waals surface area contributed by atoms with Crippen molar-refractivity contribution in [3.05, 3.63) is 60.7 Å². The standard InChI is InChI=1S/C21H20N4O3S/c1-3-10-25-20(15-6-4-14(2)5-7-15)23-24-21(25)29-12-19(26)22-16-8-9-17-18(11-16)28-13-27-17/h3-9,11H,1,10,12-13H2,2H3,(H,22,26). The van der Waals surface area contributed by atoms with Crippen LogP contribution in [0.5, 0.6) is 11.5 Å². The van der Waals surface area contributed by atoms with E-state index in [0.29, 0.717) is 28.9 Å². The quantitative estimate of drug-likeness (QED) is 0.472. The van der Waals surface area contributed by atoms with Crippen molar-refractivity contribution in [3.8, 4) is 22.9 Å². The predicted molar refractivity (Wildman–Crippen MR) is 112 cm³/mol. The first-order chi connectivity index (χ1) is 14.1. The van der Waals surface area contributed by atoms with Crippen molar-refractivity contribution in [1.82, 2.24) is 14.8 Å². The van der Waals surface area contributed by atoms with Crippen LogP contribution in [0.4, 0.5) is 5.69 Å². The Morgan fingerprint density at radius 2 is 2.00 bits per heavy atom. The summed E-state index contributed by atoms with van der Waals surface area (Å²) in [7, 11) is 0. The number of hydrogen-bond acceptors (Lipinski definition) is 6. The van der Waals surface area contributed by atoms with Crippen LogP contribution in [0.3, 0.4) is 0 Å². The third kappa shape index (κ3) is 4.27. The van der Waals surface area contributed by atoms with Gasteiger partial charge in [-0.25, -0.2) is 0 Å². The highest BCUT2D eigenvalue weighted by atomic mass is 32.2. The predicted octanol–water partition coefficient (Wildman–Crippen LogP) is 3.90. The fourth-order valence-electron chi connectivity index (χ4n) is 2.91. The van der Waals surface area contributed by atoms with Gasteiger partial charge in [0.1, 0.15) is 0 Å². The van der Waals surface area contributed by atoms with Crippen molar-refractivity contribution in [1.29, 1.82) is 0 Å². The zero-order valence-electron chi connectivity index (χ0n) is 15.9. The van der Waals surface area contributed by atoms with Crippen molar-refractivity contribution >= 4 is 23.4 Å². The fourth-order valence-corrected chi connectivity index (χ4v) is 3.65. The van der Waals surface area contributed by atoms with E-state index in [9.17, 15) is 4.79 Å². The molecule has 1 N–H and O–H groups in total. The average Bonchev–Trinajstić information content (AvgIpc) is 3.34. The molecule has 2 aromatic carbocycles. The lowest BCUT2D eigenvalue weighted by atomic mass is 10.1. The number of ether oxygens (including phenoxy) is 2. The molecule has 0 radical (unpaired) electrons. The van der Waals surface area contributed by atoms with Gasteiger partial charge in [0.2, 0.25) is 12.7 Å². The number of carbonyl (C=O) groups excluding carboxylic acids is 1. The molecule has 1 aromatic heterocycles. The van der Waals surface area contributed by atoms with Crippen LogP contribution in [-0.2, 0) is 11.3 Å². The Bertz CT molecular complexity index is 1050. The normalized spacial score (nSPS) is 12.0. The smallest absolute Gasteiger partial charge is 0.234 e. The van der Waals surface area contributed by atoms with E-state index in [2.05, 4.69) is 22.1 Å². The van der Waals surface area contributed by atoms with Crippen LogP contribution in [0.2, 0.25) is 0 Å². The number of allylic oxidation sites excluding steroid dienone is 1. The minimum Gasteiger partial charge on any atom is -0.454 e. The zero-order chi connectivity index (χ0) is 20.2. The summed E-state index contributed by atoms with van der Waals surface area (Å²) in [5.41, 5.74) is 2.81. The average molecular weight is 408 g/mol. The molecule has 148 valence electrons. The van der Waals surface area contributed by atoms with Gasteiger partial charge in [-0.15, -0.1) is 16.8 Å². The SMILES string of the molecule is C=CCn1c(SCC(=O)Nc2ccc3c(c2)OCO3)nnc1-c1ccc(C)cc1. The first-order valence-corrected chi connectivity index (χ1v) is 10.1. The van der Waals surface area contributed by atoms with E-state index < -0.39 is 0 Å². The summed E-state index contributed by atoms with van der Waals surface area (Å²) >= 11 is 1.33. The van der Waals surface area contributed by atoms with Crippen molar-refractivity contribution in [2.75, 3.05) is 17.9 Å². The zero-order valence-corrected chi connectivity index (χ0v) is 16.7. The first kappa shape index (κ1) is 19.1. The van der Waals surface area contributed by atoms with Gasteiger partial charge in [0.05, 0.1) is 5.75 Å². The molecule has 0 bridgehead atoms. The lowest BCUT2D eigenvalue weighted by Crippen LogP contribution is -2.14. The maximum atomic E-state index is 12.4. The van der Waals surface area contributed by atoms with Crippen molar-refractivity contribution in [2.45, 2.75) is 18.6 Å². The molecule has 1 aliphatic heterocycles. The van der Waals surface area contributed by atoms with Gasteiger partial charge >= 0.3 is 0 Å². The number of rotatable bonds is 7. The summed E-state index contributed by atoms with van der Waals surface area (Å²) in [6.45, 7) is 6.62. The van der Waals surface area contributed by atoms with Gasteiger partial charge in [-0.3, -0.25) is 9.36 Å². The number of aromatic nitrogens is 3. The van der Waals surface area contributed by atoms with Crippen LogP contribution >= 0.6 is 11.8 Å². The summed E-state index contributed by atoms with van der Waals surface area (Å²) in [5.74, 6) is 2.13. The molecule has 3 aromatic rings. The Morgan fingerprint density at radius 3 is 2.79 bits per heavy atom. The Kier molecular flexibility index (Phi) is 5.53. The van der Waals surface area contributed by atoms with E-state index in [-0.39, 0.29) is 18.5 Å². The maximum Gasteiger partial charge on any atom is 0.234 e. The van der Waals surface area contributed by atoms with E-state index in [1.54, 1.807) is 24.3 Å². The Labute approximate surface area is 172 Å². The number of fused-ring (bicyclic) bond motifs is 1. The van der Waals surface area contributed by atoms with E-state index in [1.807, 2.05) is 35.8 Å². The second-order valence-corrected chi connectivity index (χ2v) is 7.42. The van der Waals surface area contributed by atoms with Crippen molar-refractivity contribution in [2.24, 2.45) is 0 Å². The van der Waals surface area contributed by atoms with Gasteiger partial charge in [-0.05, 0) is 19.1 Å². The summed E-state index contributed by atoms with van der Waals surface area (Å²) < 4.78 is 12.6. The number of thioether (sulfide) groups is 1. The number of aryl methyl sites for hydroxylation is 1. The van der Waals surface area contributed by atoms with E-state index >= 15 is 0 Å². The number of nitrogens with one attached hydrogen (secondary N) is 1. The third-order valence-electron chi connectivity index (χ3n) is 4.33. The molecular weight excluding hydrogens is 388 g/mol. The number of amides is 1. The van der Waals surface area contributed by atoms with Crippen molar-refractivity contribution in [3.63, 3.8) is 0 Å². The highest BCUT2D eigenvalue weighted by Gasteiger charge is 2.17. The number of hydrogen-bond donors (Lipinski definition) is 1. The molecule has 1 amide bonds. The third-order valence-corrected chi connectivity index (χ3v) is 5.29. The topological polar surface area (TPSA) is 78.3 Å². The Morgan fingerprint density at radius 1 is 1.21 bits per heavy atom. The van der Waals surface area contributed by atoms with Crippen LogP contribution in [0.25, 0.3) is 11.4 Å². The molecule has 8 heteroatoms. The molecule has 4 rings (SSSR count). The highest BCUT2D eigenvalue weighted by Crippen LogP contribution is 2.34. The number of benzene rings is 2. The molecule has 0 fully saturated rings. The molecule has 0 saturated carbocycles. The van der Waals surface area contributed by atoms with Gasteiger partial charge < -0.3 is 14.8 Å². The van der Waals surface area contributed by atoms with Gasteiger partial charge in [0, 0.05) is 23.9 Å². The molecular formula is C21H20N4O3S. The first-order valence-electron chi connectivity index (χ1n) is 9.07. The number of nitrogens with zero attached hydrogens (tertiary/aromatic N) is 3. The van der Waals surface area contributed by atoms with Crippen molar-refractivity contribution < 1.29 is 14.3 Å². The Hall–Kier alpha value is -3.26. The van der Waals surface area contributed by atoms with Crippen LogP contribution in [0.15, 0.2) is 60.3 Å². The van der Waals surface area contributed by atoms with Crippen LogP contribution < -0.4 is 14.8 Å². The lowest BCUT2D eigenvalue weighted by Gasteiger charge is -2.09. The molecule has 29 heavy (non-hydrogen) atoms. The summed E-state index contributed by atoms with van der Waals surface area (Å²) in [6.07, 6.45) is 1.79. The largest absolute Gasteiger partial charge is 0.454 e. The van der Waals surface area contributed by atoms with E-state index in [4.69, 9.17) is 9.47 Å². The number of anilines is 1. The van der Waals surface area contributed by atoms with Crippen LogP contribution in [0, 0.1) is 6.92 Å². The molecule has 0 atom stereocenters. The molecule has 0 saturated heterocycles. The molecule has 0 spiro atoms. The molecule has 0 unspecified atom stereocenters. The molecule has 0 aliphatic carbocycles. The lowest BCUT2D eigenvalue weighted by molar-refractivity contribution is -0.113. The Balaban J connectivity index is 1.44. The van der Waals surface area contributed by atoms with E-state index in [1.165, 1.54) is 17.3 Å². The highest BCUT2D eigenvalue weighted by molar-refractivity contribution is 7.99. The van der Waals surface area contributed by atoms with Gasteiger partial charge in [0.25, 0.3) is 0 Å². The van der Waals surface area contributed by atoms with Gasteiger partial charge in [-0.1, -0.05) is 47.7 Å². The minimum atomic E-state index is -0.140. The summed E-state index contributed by atoms with van der Waals surface area (Å²) in [5, 5.41) is 12.1. The van der Waals surface area contributed by atoms with Gasteiger partial charge in [0.15, 0.2) is 22.5 Å². The molecule has 7 nitrogen and oxygen atoms in total. The second-order valence-electron chi connectivity index (χ2n) is 6.48. The molecule has 1 aliphatic rings. The van der Waals surface area contributed by atoms with E-state index in [0.717, 1.165) is 11.4 Å². The second kappa shape index (κ2) is 8.40. The van der Waals surface area contributed by atoms with Crippen LogP contribution in [0.1, 0.15) is 5.56 Å². The minimum absolute atomic E-state index is 0.140. The maximum absolute atomic E-state index is 12.4. The summed E-state index contributed by atoms with van der Waals surface area (Å²) in [6, 6.07) is 13.4.